The normalized spacial score (nSPS) is 14.0. The van der Waals surface area contributed by atoms with E-state index in [1.807, 2.05) is 24.3 Å². The lowest BCUT2D eigenvalue weighted by atomic mass is 10.0. The lowest BCUT2D eigenvalue weighted by Crippen LogP contribution is -2.29. The largest absolute Gasteiger partial charge is 0.300 e. The number of ketones is 1. The van der Waals surface area contributed by atoms with Gasteiger partial charge in [0.05, 0.1) is 17.8 Å². The lowest BCUT2D eigenvalue weighted by Gasteiger charge is -2.17. The highest BCUT2D eigenvalue weighted by Gasteiger charge is 2.35. The number of benzene rings is 2. The van der Waals surface area contributed by atoms with Crippen LogP contribution in [0.2, 0.25) is 0 Å². The summed E-state index contributed by atoms with van der Waals surface area (Å²) in [5.41, 5.74) is 3.50. The molecular formula is C18H17NO2. The van der Waals surface area contributed by atoms with Crippen molar-refractivity contribution in [2.24, 2.45) is 0 Å². The molecule has 1 aliphatic rings. The molecule has 0 atom stereocenters. The number of anilines is 1. The van der Waals surface area contributed by atoms with Crippen molar-refractivity contribution in [3.63, 3.8) is 0 Å². The average molecular weight is 279 g/mol. The van der Waals surface area contributed by atoms with E-state index in [0.29, 0.717) is 23.7 Å². The van der Waals surface area contributed by atoms with Gasteiger partial charge in [-0.15, -0.1) is 0 Å². The van der Waals surface area contributed by atoms with E-state index in [1.165, 1.54) is 5.56 Å². The smallest absolute Gasteiger partial charge is 0.299 e. The van der Waals surface area contributed by atoms with E-state index in [1.54, 1.807) is 17.0 Å². The molecule has 3 rings (SSSR count). The summed E-state index contributed by atoms with van der Waals surface area (Å²) in [5, 5.41) is 0. The predicted octanol–water partition coefficient (Wildman–Crippen LogP) is 3.54. The van der Waals surface area contributed by atoms with Gasteiger partial charge in [-0.25, -0.2) is 0 Å². The maximum Gasteiger partial charge on any atom is 0.299 e. The third-order valence-corrected chi connectivity index (χ3v) is 3.87. The van der Waals surface area contributed by atoms with Crippen molar-refractivity contribution in [2.45, 2.75) is 26.3 Å². The Kier molecular flexibility index (Phi) is 3.34. The van der Waals surface area contributed by atoms with Gasteiger partial charge in [-0.3, -0.25) is 9.59 Å². The van der Waals surface area contributed by atoms with Gasteiger partial charge in [0, 0.05) is 0 Å². The highest BCUT2D eigenvalue weighted by atomic mass is 16.2. The SMILES string of the molecule is CC(C)c1ccc(CN2C(=O)C(=O)c3ccccc32)cc1. The summed E-state index contributed by atoms with van der Waals surface area (Å²) in [5.74, 6) is -0.372. The number of Topliss-reactive ketones (excluding diaryl/α,β-unsaturated/α-hetero) is 1. The van der Waals surface area contributed by atoms with Gasteiger partial charge in [-0.1, -0.05) is 50.2 Å². The molecule has 0 N–H and O–H groups in total. The molecule has 1 heterocycles. The summed E-state index contributed by atoms with van der Waals surface area (Å²) in [7, 11) is 0. The average Bonchev–Trinajstić information content (AvgIpc) is 2.73. The number of para-hydroxylation sites is 1. The summed E-state index contributed by atoms with van der Waals surface area (Å²) >= 11 is 0. The maximum absolute atomic E-state index is 12.1. The van der Waals surface area contributed by atoms with Crippen molar-refractivity contribution in [2.75, 3.05) is 4.90 Å². The molecule has 2 aromatic carbocycles. The van der Waals surface area contributed by atoms with Crippen molar-refractivity contribution < 1.29 is 9.59 Å². The van der Waals surface area contributed by atoms with Crippen LogP contribution in [0, 0.1) is 0 Å². The highest BCUT2D eigenvalue weighted by Crippen LogP contribution is 2.30. The van der Waals surface area contributed by atoms with Gasteiger partial charge >= 0.3 is 0 Å². The Labute approximate surface area is 124 Å². The van der Waals surface area contributed by atoms with Gasteiger partial charge in [0.2, 0.25) is 0 Å². The number of fused-ring (bicyclic) bond motifs is 1. The lowest BCUT2D eigenvalue weighted by molar-refractivity contribution is -0.114. The van der Waals surface area contributed by atoms with Crippen LogP contribution in [-0.4, -0.2) is 11.7 Å². The number of hydrogen-bond donors (Lipinski definition) is 0. The van der Waals surface area contributed by atoms with Crippen LogP contribution in [0.25, 0.3) is 0 Å². The van der Waals surface area contributed by atoms with Crippen LogP contribution < -0.4 is 4.90 Å². The minimum atomic E-state index is -0.441. The Hall–Kier alpha value is -2.42. The molecule has 3 heteroatoms. The molecular weight excluding hydrogens is 262 g/mol. The first-order chi connectivity index (χ1) is 10.1. The number of carbonyl (C=O) groups excluding carboxylic acids is 2. The zero-order chi connectivity index (χ0) is 15.0. The maximum atomic E-state index is 12.1. The molecule has 2 aromatic rings. The zero-order valence-corrected chi connectivity index (χ0v) is 12.2. The summed E-state index contributed by atoms with van der Waals surface area (Å²) in [6.45, 7) is 4.72. The van der Waals surface area contributed by atoms with Gasteiger partial charge in [0.1, 0.15) is 0 Å². The predicted molar refractivity (Wildman–Crippen MR) is 82.5 cm³/mol. The van der Waals surface area contributed by atoms with Crippen LogP contribution in [0.15, 0.2) is 48.5 Å². The fourth-order valence-electron chi connectivity index (χ4n) is 2.60. The summed E-state index contributed by atoms with van der Waals surface area (Å²) in [6.07, 6.45) is 0. The van der Waals surface area contributed by atoms with Crippen LogP contribution in [0.1, 0.15) is 41.3 Å². The first-order valence-electron chi connectivity index (χ1n) is 7.12. The Morgan fingerprint density at radius 2 is 1.62 bits per heavy atom. The molecule has 0 radical (unpaired) electrons. The van der Waals surface area contributed by atoms with Crippen LogP contribution in [0.3, 0.4) is 0 Å². The van der Waals surface area contributed by atoms with Gasteiger partial charge in [-0.2, -0.15) is 0 Å². The van der Waals surface area contributed by atoms with E-state index >= 15 is 0 Å². The van der Waals surface area contributed by atoms with E-state index < -0.39 is 11.7 Å². The number of nitrogens with zero attached hydrogens (tertiary/aromatic N) is 1. The van der Waals surface area contributed by atoms with Crippen LogP contribution >= 0.6 is 0 Å². The molecule has 0 aromatic heterocycles. The first kappa shape index (κ1) is 13.6. The molecule has 106 valence electrons. The second kappa shape index (κ2) is 5.17. The van der Waals surface area contributed by atoms with Crippen molar-refractivity contribution in [1.29, 1.82) is 0 Å². The molecule has 21 heavy (non-hydrogen) atoms. The Balaban J connectivity index is 1.88. The van der Waals surface area contributed by atoms with Crippen molar-refractivity contribution >= 4 is 17.4 Å². The second-order valence-electron chi connectivity index (χ2n) is 5.63. The highest BCUT2D eigenvalue weighted by molar-refractivity contribution is 6.52. The van der Waals surface area contributed by atoms with Crippen molar-refractivity contribution in [3.05, 3.63) is 65.2 Å². The van der Waals surface area contributed by atoms with E-state index in [4.69, 9.17) is 0 Å². The molecule has 0 unspecified atom stereocenters. The third kappa shape index (κ3) is 2.35. The summed E-state index contributed by atoms with van der Waals surface area (Å²) < 4.78 is 0. The van der Waals surface area contributed by atoms with Crippen LogP contribution in [-0.2, 0) is 11.3 Å². The van der Waals surface area contributed by atoms with Crippen LogP contribution in [0.4, 0.5) is 5.69 Å². The quantitative estimate of drug-likeness (QED) is 0.806. The van der Waals surface area contributed by atoms with E-state index in [0.717, 1.165) is 5.56 Å². The minimum Gasteiger partial charge on any atom is -0.300 e. The van der Waals surface area contributed by atoms with Gasteiger partial charge < -0.3 is 4.90 Å². The molecule has 0 fully saturated rings. The topological polar surface area (TPSA) is 37.4 Å². The van der Waals surface area contributed by atoms with Gasteiger partial charge in [0.25, 0.3) is 11.7 Å². The summed E-state index contributed by atoms with van der Waals surface area (Å²) in [4.78, 5) is 25.6. The van der Waals surface area contributed by atoms with Crippen molar-refractivity contribution in [3.8, 4) is 0 Å². The molecule has 1 aliphatic heterocycles. The number of carbonyl (C=O) groups is 2. The molecule has 3 nitrogen and oxygen atoms in total. The molecule has 0 saturated carbocycles. The fraction of sp³-hybridized carbons (Fsp3) is 0.222. The van der Waals surface area contributed by atoms with Crippen LogP contribution in [0.5, 0.6) is 0 Å². The number of rotatable bonds is 3. The Morgan fingerprint density at radius 3 is 2.29 bits per heavy atom. The number of hydrogen-bond acceptors (Lipinski definition) is 2. The molecule has 0 bridgehead atoms. The van der Waals surface area contributed by atoms with Gasteiger partial charge in [-0.05, 0) is 29.2 Å². The summed E-state index contributed by atoms with van der Waals surface area (Å²) in [6, 6.07) is 15.4. The fourth-order valence-corrected chi connectivity index (χ4v) is 2.60. The molecule has 0 aliphatic carbocycles. The van der Waals surface area contributed by atoms with E-state index in [-0.39, 0.29) is 0 Å². The minimum absolute atomic E-state index is 0.413. The van der Waals surface area contributed by atoms with E-state index in [2.05, 4.69) is 26.0 Å². The standard InChI is InChI=1S/C18H17NO2/c1-12(2)14-9-7-13(8-10-14)11-19-16-6-4-3-5-15(16)17(20)18(19)21/h3-10,12H,11H2,1-2H3. The number of amides is 1. The Morgan fingerprint density at radius 1 is 0.952 bits per heavy atom. The Bertz CT molecular complexity index is 701. The monoisotopic (exact) mass is 279 g/mol. The molecule has 0 spiro atoms. The molecule has 1 amide bonds. The first-order valence-corrected chi connectivity index (χ1v) is 7.12. The van der Waals surface area contributed by atoms with Gasteiger partial charge in [0.15, 0.2) is 0 Å². The van der Waals surface area contributed by atoms with Crippen molar-refractivity contribution in [1.82, 2.24) is 0 Å². The zero-order valence-electron chi connectivity index (χ0n) is 12.2. The third-order valence-electron chi connectivity index (χ3n) is 3.87. The van der Waals surface area contributed by atoms with E-state index in [9.17, 15) is 9.59 Å². The second-order valence-corrected chi connectivity index (χ2v) is 5.63. The molecule has 0 saturated heterocycles.